The lowest BCUT2D eigenvalue weighted by Gasteiger charge is -2.07. The van der Waals surface area contributed by atoms with Crippen molar-refractivity contribution in [2.75, 3.05) is 12.9 Å². The highest BCUT2D eigenvalue weighted by Gasteiger charge is 2.61. The normalized spacial score (nSPS) is 26.0. The fraction of sp³-hybridized carbons (Fsp3) is 0.500. The largest absolute Gasteiger partial charge is 0.461 e. The summed E-state index contributed by atoms with van der Waals surface area (Å²) in [4.78, 5) is 24.3. The van der Waals surface area contributed by atoms with Gasteiger partial charge in [-0.2, -0.15) is 0 Å². The average molecular weight is 360 g/mol. The highest BCUT2D eigenvalue weighted by molar-refractivity contribution is 8.14. The second-order valence-corrected chi connectivity index (χ2v) is 8.33. The van der Waals surface area contributed by atoms with Crippen molar-refractivity contribution in [2.24, 2.45) is 17.3 Å². The lowest BCUT2D eigenvalue weighted by atomic mass is 10.1. The fourth-order valence-electron chi connectivity index (χ4n) is 3.48. The van der Waals surface area contributed by atoms with Gasteiger partial charge < -0.3 is 9.47 Å². The molecule has 1 aromatic carbocycles. The number of carbonyl (C=O) groups is 2. The van der Waals surface area contributed by atoms with Crippen LogP contribution < -0.4 is 0 Å². The van der Waals surface area contributed by atoms with Crippen LogP contribution in [0.1, 0.15) is 31.4 Å². The van der Waals surface area contributed by atoms with Crippen molar-refractivity contribution >= 4 is 22.8 Å². The van der Waals surface area contributed by atoms with Crippen LogP contribution in [0.25, 0.3) is 0 Å². The van der Waals surface area contributed by atoms with E-state index < -0.39 is 0 Å². The number of benzene rings is 1. The van der Waals surface area contributed by atoms with Gasteiger partial charge in [0.25, 0.3) is 0 Å². The maximum absolute atomic E-state index is 12.5. The number of methoxy groups -OCH3 is 1. The van der Waals surface area contributed by atoms with E-state index in [1.165, 1.54) is 11.8 Å². The van der Waals surface area contributed by atoms with Gasteiger partial charge >= 0.3 is 5.97 Å². The summed E-state index contributed by atoms with van der Waals surface area (Å²) in [6.07, 6.45) is 2.82. The molecule has 1 saturated heterocycles. The number of esters is 1. The molecule has 1 aliphatic heterocycles. The zero-order valence-corrected chi connectivity index (χ0v) is 15.7. The van der Waals surface area contributed by atoms with Crippen molar-refractivity contribution in [1.82, 2.24) is 0 Å². The van der Waals surface area contributed by atoms with E-state index in [4.69, 9.17) is 9.47 Å². The molecule has 1 saturated carbocycles. The maximum Gasteiger partial charge on any atom is 0.310 e. The average Bonchev–Trinajstić information content (AvgIpc) is 2.88. The Kier molecular flexibility index (Phi) is 5.35. The van der Waals surface area contributed by atoms with E-state index in [1.807, 2.05) is 30.3 Å². The molecule has 0 radical (unpaired) electrons. The van der Waals surface area contributed by atoms with Gasteiger partial charge in [0.15, 0.2) is 0 Å². The molecule has 2 aliphatic rings. The minimum Gasteiger partial charge on any atom is -0.461 e. The topological polar surface area (TPSA) is 52.6 Å². The molecule has 25 heavy (non-hydrogen) atoms. The molecule has 4 nitrogen and oxygen atoms in total. The van der Waals surface area contributed by atoms with Gasteiger partial charge in [0.2, 0.25) is 5.12 Å². The number of thioether (sulfide) groups is 1. The number of allylic oxidation sites excluding steroid dienone is 1. The number of hydrogen-bond acceptors (Lipinski definition) is 5. The molecule has 2 fully saturated rings. The first kappa shape index (κ1) is 18.2. The van der Waals surface area contributed by atoms with E-state index in [0.29, 0.717) is 6.61 Å². The van der Waals surface area contributed by atoms with Crippen molar-refractivity contribution in [3.63, 3.8) is 0 Å². The number of hydrogen-bond donors (Lipinski definition) is 0. The zero-order chi connectivity index (χ0) is 18.0. The third-order valence-corrected chi connectivity index (χ3v) is 6.03. The van der Waals surface area contributed by atoms with Crippen LogP contribution >= 0.6 is 11.8 Å². The van der Waals surface area contributed by atoms with Crippen LogP contribution in [0.15, 0.2) is 35.9 Å². The molecule has 0 amide bonds. The molecule has 0 unspecified atom stereocenters. The van der Waals surface area contributed by atoms with E-state index in [9.17, 15) is 9.59 Å². The Balaban J connectivity index is 1.60. The van der Waals surface area contributed by atoms with Crippen LogP contribution in [-0.2, 0) is 32.3 Å². The van der Waals surface area contributed by atoms with Gasteiger partial charge in [0, 0.05) is 18.4 Å². The monoisotopic (exact) mass is 360 g/mol. The summed E-state index contributed by atoms with van der Waals surface area (Å²) in [7, 11) is 1.66. The van der Waals surface area contributed by atoms with E-state index >= 15 is 0 Å². The van der Waals surface area contributed by atoms with Gasteiger partial charge in [-0.15, -0.1) is 0 Å². The van der Waals surface area contributed by atoms with Crippen LogP contribution in [0.5, 0.6) is 0 Å². The quantitative estimate of drug-likeness (QED) is 0.571. The van der Waals surface area contributed by atoms with Crippen molar-refractivity contribution in [2.45, 2.75) is 33.5 Å². The van der Waals surface area contributed by atoms with E-state index in [2.05, 4.69) is 13.8 Å². The summed E-state index contributed by atoms with van der Waals surface area (Å²) in [5, 5.41) is 0.157. The van der Waals surface area contributed by atoms with Gasteiger partial charge in [-0.1, -0.05) is 56.0 Å². The first-order valence-corrected chi connectivity index (χ1v) is 9.53. The summed E-state index contributed by atoms with van der Waals surface area (Å²) in [6, 6.07) is 7.86. The highest BCUT2D eigenvalue weighted by atomic mass is 32.2. The highest BCUT2D eigenvalue weighted by Crippen LogP contribution is 2.60. The molecule has 5 heteroatoms. The molecule has 1 aromatic rings. The predicted molar refractivity (Wildman–Crippen MR) is 97.9 cm³/mol. The molecule has 1 aliphatic carbocycles. The van der Waals surface area contributed by atoms with Gasteiger partial charge in [-0.3, -0.25) is 9.59 Å². The smallest absolute Gasteiger partial charge is 0.310 e. The van der Waals surface area contributed by atoms with Gasteiger partial charge in [0.05, 0.1) is 12.5 Å². The molecule has 0 aromatic heterocycles. The fourth-order valence-corrected chi connectivity index (χ4v) is 4.34. The number of ether oxygens (including phenoxy) is 2. The lowest BCUT2D eigenvalue weighted by Crippen LogP contribution is -2.10. The Labute approximate surface area is 153 Å². The molecular weight excluding hydrogens is 336 g/mol. The minimum absolute atomic E-state index is 0.0949. The van der Waals surface area contributed by atoms with Gasteiger partial charge in [0.1, 0.15) is 6.61 Å². The Morgan fingerprint density at radius 1 is 1.32 bits per heavy atom. The molecule has 0 spiro atoms. The Morgan fingerprint density at radius 3 is 2.68 bits per heavy atom. The second-order valence-electron chi connectivity index (χ2n) is 7.26. The summed E-state index contributed by atoms with van der Waals surface area (Å²) in [6.45, 7) is 4.93. The Morgan fingerprint density at radius 2 is 2.04 bits per heavy atom. The number of rotatable bonds is 6. The molecule has 3 rings (SSSR count). The SMILES string of the molecule is COCc1cccc(COC(=O)[C@@H]2[C@H](/C=C3\CCSC3=O)C2(C)C)c1. The third-order valence-electron chi connectivity index (χ3n) is 5.10. The molecule has 134 valence electrons. The molecule has 1 heterocycles. The van der Waals surface area contributed by atoms with Crippen LogP contribution in [0, 0.1) is 17.3 Å². The summed E-state index contributed by atoms with van der Waals surface area (Å²) in [5.74, 6) is 0.602. The first-order valence-electron chi connectivity index (χ1n) is 8.54. The second kappa shape index (κ2) is 7.34. The minimum atomic E-state index is -0.179. The van der Waals surface area contributed by atoms with Gasteiger partial charge in [-0.05, 0) is 28.9 Å². The number of carbonyl (C=O) groups excluding carboxylic acids is 2. The van der Waals surface area contributed by atoms with Crippen molar-refractivity contribution in [1.29, 1.82) is 0 Å². The summed E-state index contributed by atoms with van der Waals surface area (Å²) >= 11 is 1.36. The van der Waals surface area contributed by atoms with Crippen molar-refractivity contribution in [3.05, 3.63) is 47.0 Å². The maximum atomic E-state index is 12.5. The van der Waals surface area contributed by atoms with Crippen LogP contribution in [0.2, 0.25) is 0 Å². The standard InChI is InChI=1S/C20H24O4S/c1-20(2)16(10-15-7-8-25-19(15)22)17(20)18(21)24-12-14-6-4-5-13(9-14)11-23-3/h4-6,9-10,16-17H,7-8,11-12H2,1-3H3/b15-10+/t16-,17-/m0/s1. The van der Waals surface area contributed by atoms with Gasteiger partial charge in [-0.25, -0.2) is 0 Å². The Bertz CT molecular complexity index is 707. The van der Waals surface area contributed by atoms with E-state index in [1.54, 1.807) is 7.11 Å². The van der Waals surface area contributed by atoms with Crippen LogP contribution in [-0.4, -0.2) is 23.9 Å². The third kappa shape index (κ3) is 3.98. The Hall–Kier alpha value is -1.59. The van der Waals surface area contributed by atoms with E-state index in [-0.39, 0.29) is 34.9 Å². The first-order chi connectivity index (χ1) is 11.9. The predicted octanol–water partition coefficient (Wildman–Crippen LogP) is 3.74. The molecule has 0 N–H and O–H groups in total. The van der Waals surface area contributed by atoms with Crippen LogP contribution in [0.3, 0.4) is 0 Å². The van der Waals surface area contributed by atoms with E-state index in [0.717, 1.165) is 28.9 Å². The summed E-state index contributed by atoms with van der Waals surface area (Å²) < 4.78 is 10.7. The molecule has 0 bridgehead atoms. The van der Waals surface area contributed by atoms with Crippen molar-refractivity contribution < 1.29 is 19.1 Å². The lowest BCUT2D eigenvalue weighted by molar-refractivity contribution is -0.147. The van der Waals surface area contributed by atoms with Crippen molar-refractivity contribution in [3.8, 4) is 0 Å². The summed E-state index contributed by atoms with van der Waals surface area (Å²) in [5.41, 5.74) is 2.74. The molecular formula is C20H24O4S. The molecule has 2 atom stereocenters. The zero-order valence-electron chi connectivity index (χ0n) is 14.9. The van der Waals surface area contributed by atoms with Crippen LogP contribution in [0.4, 0.5) is 0 Å².